The Balaban J connectivity index is 1.51. The molecule has 1 aromatic heterocycles. The molecule has 3 atom stereocenters. The van der Waals surface area contributed by atoms with Crippen LogP contribution in [0.15, 0.2) is 47.1 Å². The predicted molar refractivity (Wildman–Crippen MR) is 98.9 cm³/mol. The fraction of sp³-hybridized carbons (Fsp3) is 0.429. The molecule has 1 saturated carbocycles. The highest BCUT2D eigenvalue weighted by molar-refractivity contribution is 5.96. The number of furan rings is 1. The van der Waals surface area contributed by atoms with Gasteiger partial charge in [-0.2, -0.15) is 0 Å². The molecule has 1 aliphatic heterocycles. The maximum atomic E-state index is 12.9. The van der Waals surface area contributed by atoms with Gasteiger partial charge >= 0.3 is 0 Å². The topological polar surface area (TPSA) is 82.8 Å². The molecule has 2 aromatic rings. The Labute approximate surface area is 158 Å². The van der Waals surface area contributed by atoms with E-state index in [1.54, 1.807) is 17.0 Å². The van der Waals surface area contributed by atoms with Crippen molar-refractivity contribution in [2.45, 2.75) is 44.4 Å². The highest BCUT2D eigenvalue weighted by Gasteiger charge is 2.36. The maximum absolute atomic E-state index is 12.9. The van der Waals surface area contributed by atoms with Gasteiger partial charge in [-0.05, 0) is 48.4 Å². The molecule has 4 rings (SSSR count). The average Bonchev–Trinajstić information content (AvgIpc) is 3.36. The minimum Gasteiger partial charge on any atom is -0.459 e. The van der Waals surface area contributed by atoms with Crippen molar-refractivity contribution in [1.82, 2.24) is 10.2 Å². The zero-order chi connectivity index (χ0) is 18.8. The molecule has 0 saturated heterocycles. The number of fused-ring (bicyclic) bond motifs is 1. The first kappa shape index (κ1) is 17.8. The van der Waals surface area contributed by atoms with Crippen LogP contribution in [0.25, 0.3) is 0 Å². The van der Waals surface area contributed by atoms with E-state index in [0.29, 0.717) is 25.4 Å². The number of carbonyl (C=O) groups is 2. The fourth-order valence-corrected chi connectivity index (χ4v) is 4.11. The molecule has 0 radical (unpaired) electrons. The Morgan fingerprint density at radius 1 is 1.15 bits per heavy atom. The molecular formula is C21H24N2O4. The Hall–Kier alpha value is -2.60. The molecule has 1 aromatic carbocycles. The first-order valence-corrected chi connectivity index (χ1v) is 9.49. The zero-order valence-corrected chi connectivity index (χ0v) is 15.1. The summed E-state index contributed by atoms with van der Waals surface area (Å²) in [5.74, 6) is 0.122. The van der Waals surface area contributed by atoms with Gasteiger partial charge in [-0.15, -0.1) is 0 Å². The molecule has 6 heteroatoms. The minimum absolute atomic E-state index is 0.147. The number of rotatable bonds is 4. The van der Waals surface area contributed by atoms with Gasteiger partial charge in [0.05, 0.1) is 12.4 Å². The van der Waals surface area contributed by atoms with Gasteiger partial charge in [0, 0.05) is 19.5 Å². The SMILES string of the molecule is O=C(NC[C@@H]1CC[C@H](O)C1)[C@@H]1Cc2ccccc2CN1C(=O)c1ccco1. The number of benzene rings is 1. The van der Waals surface area contributed by atoms with Crippen LogP contribution in [-0.4, -0.2) is 40.5 Å². The van der Waals surface area contributed by atoms with Gasteiger partial charge in [0.1, 0.15) is 6.04 Å². The van der Waals surface area contributed by atoms with Gasteiger partial charge in [-0.1, -0.05) is 24.3 Å². The van der Waals surface area contributed by atoms with Gasteiger partial charge in [0.2, 0.25) is 5.91 Å². The summed E-state index contributed by atoms with van der Waals surface area (Å²) in [5, 5.41) is 12.7. The number of aliphatic hydroxyl groups excluding tert-OH is 1. The van der Waals surface area contributed by atoms with Gasteiger partial charge in [-0.3, -0.25) is 9.59 Å². The highest BCUT2D eigenvalue weighted by atomic mass is 16.3. The van der Waals surface area contributed by atoms with Crippen molar-refractivity contribution in [3.63, 3.8) is 0 Å². The highest BCUT2D eigenvalue weighted by Crippen LogP contribution is 2.27. The van der Waals surface area contributed by atoms with Crippen molar-refractivity contribution < 1.29 is 19.1 Å². The van der Waals surface area contributed by atoms with Gasteiger partial charge in [0.25, 0.3) is 5.91 Å². The van der Waals surface area contributed by atoms with Crippen molar-refractivity contribution in [2.24, 2.45) is 5.92 Å². The lowest BCUT2D eigenvalue weighted by Gasteiger charge is -2.35. The number of hydrogen-bond acceptors (Lipinski definition) is 4. The number of nitrogens with zero attached hydrogens (tertiary/aromatic N) is 1. The third kappa shape index (κ3) is 3.76. The van der Waals surface area contributed by atoms with Crippen molar-refractivity contribution in [1.29, 1.82) is 0 Å². The predicted octanol–water partition coefficient (Wildman–Crippen LogP) is 2.12. The molecule has 2 N–H and O–H groups in total. The standard InChI is InChI=1S/C21H24N2O4/c24-17-8-7-14(10-17)12-22-20(25)18-11-15-4-1-2-5-16(15)13-23(18)21(26)19-6-3-9-27-19/h1-6,9,14,17-18,24H,7-8,10-13H2,(H,22,25)/t14-,17+,18+/m1/s1. The first-order valence-electron chi connectivity index (χ1n) is 9.49. The second-order valence-electron chi connectivity index (χ2n) is 7.48. The van der Waals surface area contributed by atoms with Gasteiger partial charge in [-0.25, -0.2) is 0 Å². The van der Waals surface area contributed by atoms with Crippen LogP contribution in [0.5, 0.6) is 0 Å². The maximum Gasteiger partial charge on any atom is 0.290 e. The minimum atomic E-state index is -0.566. The molecule has 2 heterocycles. The molecule has 1 aliphatic carbocycles. The summed E-state index contributed by atoms with van der Waals surface area (Å²) in [7, 11) is 0. The van der Waals surface area contributed by atoms with Crippen molar-refractivity contribution in [3.8, 4) is 0 Å². The Bertz CT molecular complexity index is 817. The number of hydrogen-bond donors (Lipinski definition) is 2. The van der Waals surface area contributed by atoms with E-state index in [-0.39, 0.29) is 23.7 Å². The zero-order valence-electron chi connectivity index (χ0n) is 15.1. The first-order chi connectivity index (χ1) is 13.1. The number of aliphatic hydroxyl groups is 1. The van der Waals surface area contributed by atoms with Crippen LogP contribution in [0.4, 0.5) is 0 Å². The molecule has 27 heavy (non-hydrogen) atoms. The average molecular weight is 368 g/mol. The summed E-state index contributed by atoms with van der Waals surface area (Å²) >= 11 is 0. The second-order valence-corrected chi connectivity index (χ2v) is 7.48. The molecule has 0 unspecified atom stereocenters. The van der Waals surface area contributed by atoms with E-state index in [0.717, 1.165) is 30.4 Å². The molecule has 2 amide bonds. The van der Waals surface area contributed by atoms with Crippen LogP contribution in [0.3, 0.4) is 0 Å². The summed E-state index contributed by atoms with van der Waals surface area (Å²) in [4.78, 5) is 27.4. The molecular weight excluding hydrogens is 344 g/mol. The summed E-state index contributed by atoms with van der Waals surface area (Å²) in [6.45, 7) is 0.923. The van der Waals surface area contributed by atoms with Crippen LogP contribution >= 0.6 is 0 Å². The number of carbonyl (C=O) groups excluding carboxylic acids is 2. The lowest BCUT2D eigenvalue weighted by Crippen LogP contribution is -2.53. The molecule has 2 aliphatic rings. The van der Waals surface area contributed by atoms with Crippen LogP contribution in [0, 0.1) is 5.92 Å². The van der Waals surface area contributed by atoms with Gasteiger partial charge in [0.15, 0.2) is 5.76 Å². The van der Waals surface area contributed by atoms with E-state index >= 15 is 0 Å². The molecule has 142 valence electrons. The summed E-state index contributed by atoms with van der Waals surface area (Å²) < 4.78 is 5.27. The van der Waals surface area contributed by atoms with Crippen LogP contribution in [0.1, 0.15) is 40.9 Å². The van der Waals surface area contributed by atoms with Crippen LogP contribution < -0.4 is 5.32 Å². The Kier molecular flexibility index (Phi) is 4.99. The number of amides is 2. The molecule has 0 spiro atoms. The molecule has 0 bridgehead atoms. The molecule has 1 fully saturated rings. The largest absolute Gasteiger partial charge is 0.459 e. The van der Waals surface area contributed by atoms with Crippen molar-refractivity contribution in [2.75, 3.05) is 6.54 Å². The third-order valence-electron chi connectivity index (χ3n) is 5.62. The van der Waals surface area contributed by atoms with E-state index in [1.165, 1.54) is 6.26 Å². The lowest BCUT2D eigenvalue weighted by atomic mass is 9.93. The quantitative estimate of drug-likeness (QED) is 0.866. The van der Waals surface area contributed by atoms with Crippen LogP contribution in [-0.2, 0) is 17.8 Å². The van der Waals surface area contributed by atoms with E-state index in [4.69, 9.17) is 4.42 Å². The van der Waals surface area contributed by atoms with Gasteiger partial charge < -0.3 is 19.7 Å². The summed E-state index contributed by atoms with van der Waals surface area (Å²) in [6.07, 6.45) is 4.13. The Morgan fingerprint density at radius 2 is 1.96 bits per heavy atom. The Morgan fingerprint density at radius 3 is 2.67 bits per heavy atom. The summed E-state index contributed by atoms with van der Waals surface area (Å²) in [5.41, 5.74) is 2.15. The van der Waals surface area contributed by atoms with Crippen molar-refractivity contribution in [3.05, 3.63) is 59.5 Å². The normalized spacial score (nSPS) is 24.5. The van der Waals surface area contributed by atoms with Crippen LogP contribution in [0.2, 0.25) is 0 Å². The summed E-state index contributed by atoms with van der Waals surface area (Å²) in [6, 6.07) is 10.6. The van der Waals surface area contributed by atoms with Crippen molar-refractivity contribution >= 4 is 11.8 Å². The van der Waals surface area contributed by atoms with E-state index < -0.39 is 6.04 Å². The van der Waals surface area contributed by atoms with E-state index in [2.05, 4.69) is 5.32 Å². The molecule has 6 nitrogen and oxygen atoms in total. The second kappa shape index (κ2) is 7.56. The fourth-order valence-electron chi connectivity index (χ4n) is 4.11. The number of nitrogens with one attached hydrogen (secondary N) is 1. The lowest BCUT2D eigenvalue weighted by molar-refractivity contribution is -0.126. The van der Waals surface area contributed by atoms with E-state index in [9.17, 15) is 14.7 Å². The monoisotopic (exact) mass is 368 g/mol. The third-order valence-corrected chi connectivity index (χ3v) is 5.62. The van der Waals surface area contributed by atoms with E-state index in [1.807, 2.05) is 24.3 Å². The smallest absolute Gasteiger partial charge is 0.290 e.